The van der Waals surface area contributed by atoms with E-state index < -0.39 is 17.5 Å². The van der Waals surface area contributed by atoms with Gasteiger partial charge in [-0.15, -0.1) is 0 Å². The molecule has 2 amide bonds. The van der Waals surface area contributed by atoms with Crippen molar-refractivity contribution in [3.05, 3.63) is 34.9 Å². The quantitative estimate of drug-likeness (QED) is 0.897. The summed E-state index contributed by atoms with van der Waals surface area (Å²) >= 11 is 6.04. The molecule has 0 spiro atoms. The lowest BCUT2D eigenvalue weighted by molar-refractivity contribution is -0.148. The highest BCUT2D eigenvalue weighted by Crippen LogP contribution is 2.32. The van der Waals surface area contributed by atoms with E-state index in [1.807, 2.05) is 18.2 Å². The number of urea groups is 1. The number of carboxylic acid groups (broad SMARTS) is 1. The molecule has 0 aromatic heterocycles. The molecule has 2 rings (SSSR count). The summed E-state index contributed by atoms with van der Waals surface area (Å²) in [7, 11) is 1.62. The van der Waals surface area contributed by atoms with E-state index in [1.165, 1.54) is 4.90 Å². The molecule has 108 valence electrons. The Labute approximate surface area is 122 Å². The van der Waals surface area contributed by atoms with Gasteiger partial charge in [0.25, 0.3) is 0 Å². The first-order chi connectivity index (χ1) is 9.44. The number of hydrogen-bond acceptors (Lipinski definition) is 2. The van der Waals surface area contributed by atoms with Crippen LogP contribution in [0.2, 0.25) is 5.02 Å². The summed E-state index contributed by atoms with van der Waals surface area (Å²) in [6.45, 7) is 0.335. The van der Waals surface area contributed by atoms with Crippen molar-refractivity contribution in [2.75, 3.05) is 7.05 Å². The third kappa shape index (κ3) is 2.88. The molecule has 0 radical (unpaired) electrons. The SMILES string of the molecule is CN(Cc1ccccc1Cl)C(=O)NC1(C(=O)O)CCC1. The molecule has 1 aliphatic carbocycles. The second kappa shape index (κ2) is 5.71. The molecule has 0 atom stereocenters. The second-order valence-corrected chi connectivity index (χ2v) is 5.53. The van der Waals surface area contributed by atoms with Gasteiger partial charge >= 0.3 is 12.0 Å². The number of aliphatic carboxylic acids is 1. The van der Waals surface area contributed by atoms with Gasteiger partial charge in [0.15, 0.2) is 0 Å². The number of benzene rings is 1. The molecule has 0 unspecified atom stereocenters. The van der Waals surface area contributed by atoms with Gasteiger partial charge in [0.05, 0.1) is 0 Å². The van der Waals surface area contributed by atoms with E-state index in [0.29, 0.717) is 24.4 Å². The van der Waals surface area contributed by atoms with Gasteiger partial charge in [-0.3, -0.25) is 0 Å². The van der Waals surface area contributed by atoms with Crippen molar-refractivity contribution in [3.8, 4) is 0 Å². The number of nitrogens with one attached hydrogen (secondary N) is 1. The van der Waals surface area contributed by atoms with Crippen LogP contribution >= 0.6 is 11.6 Å². The zero-order valence-corrected chi connectivity index (χ0v) is 12.0. The summed E-state index contributed by atoms with van der Waals surface area (Å²) in [4.78, 5) is 24.7. The van der Waals surface area contributed by atoms with Crippen LogP contribution < -0.4 is 5.32 Å². The van der Waals surface area contributed by atoms with Gasteiger partial charge in [-0.2, -0.15) is 0 Å². The fourth-order valence-electron chi connectivity index (χ4n) is 2.18. The molecule has 1 aliphatic rings. The first-order valence-corrected chi connectivity index (χ1v) is 6.82. The molecule has 1 fully saturated rings. The van der Waals surface area contributed by atoms with E-state index in [1.54, 1.807) is 13.1 Å². The van der Waals surface area contributed by atoms with Gasteiger partial charge in [-0.05, 0) is 30.9 Å². The summed E-state index contributed by atoms with van der Waals surface area (Å²) in [5.74, 6) is -0.969. The average molecular weight is 297 g/mol. The van der Waals surface area contributed by atoms with E-state index in [9.17, 15) is 14.7 Å². The van der Waals surface area contributed by atoms with Crippen molar-refractivity contribution in [2.24, 2.45) is 0 Å². The molecule has 1 saturated carbocycles. The van der Waals surface area contributed by atoms with Gasteiger partial charge in [0, 0.05) is 18.6 Å². The third-order valence-corrected chi connectivity index (χ3v) is 4.04. The van der Waals surface area contributed by atoms with Gasteiger partial charge < -0.3 is 15.3 Å². The predicted octanol–water partition coefficient (Wildman–Crippen LogP) is 2.49. The van der Waals surface area contributed by atoms with E-state index in [2.05, 4.69) is 5.32 Å². The number of carbonyl (C=O) groups excluding carboxylic acids is 1. The van der Waals surface area contributed by atoms with E-state index >= 15 is 0 Å². The highest BCUT2D eigenvalue weighted by atomic mass is 35.5. The van der Waals surface area contributed by atoms with Crippen LogP contribution in [-0.2, 0) is 11.3 Å². The van der Waals surface area contributed by atoms with Crippen LogP contribution in [0.5, 0.6) is 0 Å². The standard InChI is InChI=1S/C14H17ClN2O3/c1-17(9-10-5-2-3-6-11(10)15)13(20)16-14(12(18)19)7-4-8-14/h2-3,5-6H,4,7-9H2,1H3,(H,16,20)(H,18,19). The lowest BCUT2D eigenvalue weighted by Gasteiger charge is -2.39. The van der Waals surface area contributed by atoms with Gasteiger partial charge in [0.2, 0.25) is 0 Å². The number of carbonyl (C=O) groups is 2. The Balaban J connectivity index is 1.99. The Kier molecular flexibility index (Phi) is 4.18. The van der Waals surface area contributed by atoms with Crippen LogP contribution in [0, 0.1) is 0 Å². The summed E-state index contributed by atoms with van der Waals surface area (Å²) in [6.07, 6.45) is 1.78. The van der Waals surface area contributed by atoms with Crippen molar-refractivity contribution in [2.45, 2.75) is 31.3 Å². The molecular formula is C14H17ClN2O3. The van der Waals surface area contributed by atoms with E-state index in [-0.39, 0.29) is 0 Å². The molecule has 1 aromatic rings. The van der Waals surface area contributed by atoms with Crippen molar-refractivity contribution in [1.29, 1.82) is 0 Å². The van der Waals surface area contributed by atoms with Crippen LogP contribution in [0.4, 0.5) is 4.79 Å². The molecule has 0 aliphatic heterocycles. The molecule has 2 N–H and O–H groups in total. The zero-order chi connectivity index (χ0) is 14.8. The summed E-state index contributed by atoms with van der Waals surface area (Å²) in [5.41, 5.74) is -0.268. The molecule has 20 heavy (non-hydrogen) atoms. The highest BCUT2D eigenvalue weighted by molar-refractivity contribution is 6.31. The third-order valence-electron chi connectivity index (χ3n) is 3.67. The number of nitrogens with zero attached hydrogens (tertiary/aromatic N) is 1. The number of hydrogen-bond donors (Lipinski definition) is 2. The number of rotatable bonds is 4. The highest BCUT2D eigenvalue weighted by Gasteiger charge is 2.46. The van der Waals surface area contributed by atoms with Crippen LogP contribution in [0.1, 0.15) is 24.8 Å². The van der Waals surface area contributed by atoms with E-state index in [4.69, 9.17) is 11.6 Å². The van der Waals surface area contributed by atoms with Crippen LogP contribution in [0.15, 0.2) is 24.3 Å². The minimum Gasteiger partial charge on any atom is -0.480 e. The van der Waals surface area contributed by atoms with Gasteiger partial charge in [-0.25, -0.2) is 9.59 Å². The minimum atomic E-state index is -1.09. The topological polar surface area (TPSA) is 69.6 Å². The Bertz CT molecular complexity index is 529. The lowest BCUT2D eigenvalue weighted by atomic mass is 9.77. The second-order valence-electron chi connectivity index (χ2n) is 5.12. The number of amides is 2. The average Bonchev–Trinajstić information content (AvgIpc) is 2.35. The monoisotopic (exact) mass is 296 g/mol. The maximum Gasteiger partial charge on any atom is 0.329 e. The van der Waals surface area contributed by atoms with Crippen molar-refractivity contribution >= 4 is 23.6 Å². The van der Waals surface area contributed by atoms with E-state index in [0.717, 1.165) is 12.0 Å². The zero-order valence-electron chi connectivity index (χ0n) is 11.2. The largest absolute Gasteiger partial charge is 0.480 e. The fraction of sp³-hybridized carbons (Fsp3) is 0.429. The van der Waals surface area contributed by atoms with Crippen LogP contribution in [0.25, 0.3) is 0 Å². The Morgan fingerprint density at radius 3 is 2.55 bits per heavy atom. The summed E-state index contributed by atoms with van der Waals surface area (Å²) in [5, 5.41) is 12.4. The smallest absolute Gasteiger partial charge is 0.329 e. The predicted molar refractivity (Wildman–Crippen MR) is 75.7 cm³/mol. The summed E-state index contributed by atoms with van der Waals surface area (Å²) < 4.78 is 0. The Morgan fingerprint density at radius 2 is 2.05 bits per heavy atom. The Morgan fingerprint density at radius 1 is 1.40 bits per heavy atom. The van der Waals surface area contributed by atoms with Gasteiger partial charge in [-0.1, -0.05) is 29.8 Å². The fourth-order valence-corrected chi connectivity index (χ4v) is 2.37. The minimum absolute atomic E-state index is 0.335. The molecule has 0 bridgehead atoms. The maximum absolute atomic E-state index is 12.1. The van der Waals surface area contributed by atoms with Crippen molar-refractivity contribution < 1.29 is 14.7 Å². The van der Waals surface area contributed by atoms with Crippen molar-refractivity contribution in [1.82, 2.24) is 10.2 Å². The molecule has 1 aromatic carbocycles. The maximum atomic E-state index is 12.1. The number of carboxylic acids is 1. The molecule has 0 saturated heterocycles. The van der Waals surface area contributed by atoms with Gasteiger partial charge in [0.1, 0.15) is 5.54 Å². The Hall–Kier alpha value is -1.75. The molecular weight excluding hydrogens is 280 g/mol. The van der Waals surface area contributed by atoms with Crippen molar-refractivity contribution in [3.63, 3.8) is 0 Å². The number of halogens is 1. The molecule has 6 heteroatoms. The first kappa shape index (κ1) is 14.7. The lowest BCUT2D eigenvalue weighted by Crippen LogP contribution is -2.61. The molecule has 0 heterocycles. The van der Waals surface area contributed by atoms with Crippen LogP contribution in [-0.4, -0.2) is 34.6 Å². The normalized spacial score (nSPS) is 16.1. The van der Waals surface area contributed by atoms with Crippen LogP contribution in [0.3, 0.4) is 0 Å². The summed E-state index contributed by atoms with van der Waals surface area (Å²) in [6, 6.07) is 6.86. The molecule has 5 nitrogen and oxygen atoms in total. The first-order valence-electron chi connectivity index (χ1n) is 6.45.